The zero-order valence-electron chi connectivity index (χ0n) is 13.1. The third-order valence-corrected chi connectivity index (χ3v) is 4.99. The number of nitrogens with two attached hydrogens (primary N) is 1. The molecule has 1 aromatic carbocycles. The van der Waals surface area contributed by atoms with E-state index in [1.165, 1.54) is 0 Å². The number of benzene rings is 1. The van der Waals surface area contributed by atoms with Gasteiger partial charge in [-0.2, -0.15) is 0 Å². The second kappa shape index (κ2) is 7.60. The standard InChI is InChI=1S/C16H24N2O2S/c1-12(2)14(4)11-18-21(19,20)16-8-7-15(6-5-9-17)13(3)10-16/h7-8,10,12,14,18H,9,11,17H2,1-4H3. The molecule has 1 atom stereocenters. The van der Waals surface area contributed by atoms with Gasteiger partial charge in [-0.25, -0.2) is 13.1 Å². The van der Waals surface area contributed by atoms with Gasteiger partial charge in [0.2, 0.25) is 10.0 Å². The van der Waals surface area contributed by atoms with Crippen LogP contribution in [0.5, 0.6) is 0 Å². The van der Waals surface area contributed by atoms with Crippen molar-refractivity contribution in [1.82, 2.24) is 4.72 Å². The largest absolute Gasteiger partial charge is 0.320 e. The summed E-state index contributed by atoms with van der Waals surface area (Å²) in [7, 11) is -3.47. The zero-order chi connectivity index (χ0) is 16.0. The Labute approximate surface area is 128 Å². The minimum Gasteiger partial charge on any atom is -0.320 e. The van der Waals surface area contributed by atoms with Gasteiger partial charge in [-0.1, -0.05) is 32.6 Å². The summed E-state index contributed by atoms with van der Waals surface area (Å²) in [4.78, 5) is 0.272. The van der Waals surface area contributed by atoms with Crippen LogP contribution in [0.25, 0.3) is 0 Å². The van der Waals surface area contributed by atoms with Crippen molar-refractivity contribution in [2.75, 3.05) is 13.1 Å². The fraction of sp³-hybridized carbons (Fsp3) is 0.500. The molecule has 0 aromatic heterocycles. The first-order chi connectivity index (χ1) is 9.77. The Morgan fingerprint density at radius 1 is 1.29 bits per heavy atom. The van der Waals surface area contributed by atoms with E-state index in [9.17, 15) is 8.42 Å². The first kappa shape index (κ1) is 17.7. The van der Waals surface area contributed by atoms with Crippen molar-refractivity contribution in [1.29, 1.82) is 0 Å². The highest BCUT2D eigenvalue weighted by Gasteiger charge is 2.17. The number of hydrogen-bond acceptors (Lipinski definition) is 3. The van der Waals surface area contributed by atoms with Crippen LogP contribution in [-0.4, -0.2) is 21.5 Å². The monoisotopic (exact) mass is 308 g/mol. The molecule has 3 N–H and O–H groups in total. The molecule has 0 aliphatic carbocycles. The van der Waals surface area contributed by atoms with Crippen molar-refractivity contribution in [3.05, 3.63) is 29.3 Å². The lowest BCUT2D eigenvalue weighted by Gasteiger charge is -2.16. The molecule has 0 saturated heterocycles. The molecule has 1 aromatic rings. The van der Waals surface area contributed by atoms with Crippen LogP contribution in [0.4, 0.5) is 0 Å². The second-order valence-electron chi connectivity index (χ2n) is 5.56. The fourth-order valence-electron chi connectivity index (χ4n) is 1.65. The topological polar surface area (TPSA) is 72.2 Å². The lowest BCUT2D eigenvalue weighted by atomic mass is 9.99. The lowest BCUT2D eigenvalue weighted by Crippen LogP contribution is -2.30. The summed E-state index contributed by atoms with van der Waals surface area (Å²) in [5.41, 5.74) is 6.97. The molecular formula is C16H24N2O2S. The highest BCUT2D eigenvalue weighted by Crippen LogP contribution is 2.16. The van der Waals surface area contributed by atoms with Crippen molar-refractivity contribution in [2.45, 2.75) is 32.6 Å². The van der Waals surface area contributed by atoms with E-state index in [0.29, 0.717) is 12.5 Å². The molecule has 0 heterocycles. The molecule has 0 aliphatic rings. The SMILES string of the molecule is Cc1cc(S(=O)(=O)NCC(C)C(C)C)ccc1C#CCN. The van der Waals surface area contributed by atoms with E-state index < -0.39 is 10.0 Å². The van der Waals surface area contributed by atoms with Gasteiger partial charge in [0.1, 0.15) is 0 Å². The third-order valence-electron chi connectivity index (χ3n) is 3.57. The maximum absolute atomic E-state index is 12.3. The van der Waals surface area contributed by atoms with Crippen molar-refractivity contribution in [3.8, 4) is 11.8 Å². The Hall–Kier alpha value is -1.35. The average molecular weight is 308 g/mol. The highest BCUT2D eigenvalue weighted by molar-refractivity contribution is 7.89. The van der Waals surface area contributed by atoms with Crippen LogP contribution < -0.4 is 10.5 Å². The van der Waals surface area contributed by atoms with Crippen LogP contribution in [0.1, 0.15) is 31.9 Å². The van der Waals surface area contributed by atoms with E-state index in [-0.39, 0.29) is 17.4 Å². The minimum atomic E-state index is -3.47. The van der Waals surface area contributed by atoms with Crippen LogP contribution >= 0.6 is 0 Å². The number of rotatable bonds is 5. The molecule has 21 heavy (non-hydrogen) atoms. The number of sulfonamides is 1. The molecule has 0 bridgehead atoms. The van der Waals surface area contributed by atoms with Gasteiger partial charge in [0.25, 0.3) is 0 Å². The van der Waals surface area contributed by atoms with E-state index in [4.69, 9.17) is 5.73 Å². The molecule has 5 heteroatoms. The Balaban J connectivity index is 2.92. The predicted octanol–water partition coefficient (Wildman–Crippen LogP) is 1.88. The van der Waals surface area contributed by atoms with Gasteiger partial charge in [-0.3, -0.25) is 0 Å². The highest BCUT2D eigenvalue weighted by atomic mass is 32.2. The number of aryl methyl sites for hydroxylation is 1. The number of nitrogens with one attached hydrogen (secondary N) is 1. The summed E-state index contributed by atoms with van der Waals surface area (Å²) in [6.07, 6.45) is 0. The molecule has 0 radical (unpaired) electrons. The Morgan fingerprint density at radius 3 is 2.48 bits per heavy atom. The van der Waals surface area contributed by atoms with Gasteiger partial charge < -0.3 is 5.73 Å². The van der Waals surface area contributed by atoms with Crippen molar-refractivity contribution >= 4 is 10.0 Å². The molecule has 0 fully saturated rings. The van der Waals surface area contributed by atoms with E-state index >= 15 is 0 Å². The van der Waals surface area contributed by atoms with Gasteiger partial charge >= 0.3 is 0 Å². The van der Waals surface area contributed by atoms with Gasteiger partial charge in [0, 0.05) is 12.1 Å². The van der Waals surface area contributed by atoms with Crippen molar-refractivity contribution in [2.24, 2.45) is 17.6 Å². The van der Waals surface area contributed by atoms with Crippen LogP contribution in [0.15, 0.2) is 23.1 Å². The summed E-state index contributed by atoms with van der Waals surface area (Å²) in [5.74, 6) is 6.42. The van der Waals surface area contributed by atoms with Crippen LogP contribution in [-0.2, 0) is 10.0 Å². The smallest absolute Gasteiger partial charge is 0.240 e. The molecule has 1 unspecified atom stereocenters. The van der Waals surface area contributed by atoms with E-state index in [0.717, 1.165) is 11.1 Å². The summed E-state index contributed by atoms with van der Waals surface area (Å²) < 4.78 is 27.2. The lowest BCUT2D eigenvalue weighted by molar-refractivity contribution is 0.414. The zero-order valence-corrected chi connectivity index (χ0v) is 13.9. The second-order valence-corrected chi connectivity index (χ2v) is 7.32. The van der Waals surface area contributed by atoms with Gasteiger partial charge in [0.15, 0.2) is 0 Å². The predicted molar refractivity (Wildman–Crippen MR) is 86.3 cm³/mol. The summed E-state index contributed by atoms with van der Waals surface area (Å²) in [5, 5.41) is 0. The van der Waals surface area contributed by atoms with Crippen LogP contribution in [0.3, 0.4) is 0 Å². The molecule has 0 amide bonds. The summed E-state index contributed by atoms with van der Waals surface area (Å²) in [6.45, 7) is 8.75. The molecule has 0 saturated carbocycles. The maximum Gasteiger partial charge on any atom is 0.240 e. The third kappa shape index (κ3) is 5.16. The van der Waals surface area contributed by atoms with E-state index in [1.54, 1.807) is 18.2 Å². The Bertz CT molecular complexity index is 640. The van der Waals surface area contributed by atoms with Gasteiger partial charge in [0.05, 0.1) is 11.4 Å². The average Bonchev–Trinajstić information content (AvgIpc) is 2.43. The first-order valence-corrected chi connectivity index (χ1v) is 8.55. The van der Waals surface area contributed by atoms with Gasteiger partial charge in [-0.15, -0.1) is 0 Å². The summed E-state index contributed by atoms with van der Waals surface area (Å²) >= 11 is 0. The normalized spacial score (nSPS) is 12.9. The Morgan fingerprint density at radius 2 is 1.95 bits per heavy atom. The molecule has 116 valence electrons. The van der Waals surface area contributed by atoms with Crippen molar-refractivity contribution < 1.29 is 8.42 Å². The Kier molecular flexibility index (Phi) is 6.41. The molecule has 1 rings (SSSR count). The molecular weight excluding hydrogens is 284 g/mol. The molecule has 4 nitrogen and oxygen atoms in total. The van der Waals surface area contributed by atoms with Crippen LogP contribution in [0.2, 0.25) is 0 Å². The molecule has 0 aliphatic heterocycles. The van der Waals surface area contributed by atoms with E-state index in [2.05, 4.69) is 30.4 Å². The van der Waals surface area contributed by atoms with Crippen molar-refractivity contribution in [3.63, 3.8) is 0 Å². The number of hydrogen-bond donors (Lipinski definition) is 2. The fourth-order valence-corrected chi connectivity index (χ4v) is 2.88. The maximum atomic E-state index is 12.3. The van der Waals surface area contributed by atoms with E-state index in [1.807, 2.05) is 13.8 Å². The van der Waals surface area contributed by atoms with Gasteiger partial charge in [-0.05, 0) is 42.5 Å². The quantitative estimate of drug-likeness (QED) is 0.816. The summed E-state index contributed by atoms with van der Waals surface area (Å²) in [6, 6.07) is 4.94. The first-order valence-electron chi connectivity index (χ1n) is 7.07. The van der Waals surface area contributed by atoms with Crippen LogP contribution in [0, 0.1) is 30.6 Å². The molecule has 0 spiro atoms. The minimum absolute atomic E-state index is 0.272.